The van der Waals surface area contributed by atoms with Crippen LogP contribution >= 0.6 is 0 Å². The Morgan fingerprint density at radius 1 is 0.900 bits per heavy atom. The van der Waals surface area contributed by atoms with E-state index >= 15 is 0 Å². The van der Waals surface area contributed by atoms with Gasteiger partial charge in [0.1, 0.15) is 0 Å². The van der Waals surface area contributed by atoms with Crippen LogP contribution in [0.25, 0.3) is 11.1 Å². The van der Waals surface area contributed by atoms with Gasteiger partial charge in [-0.05, 0) is 49.2 Å². The zero-order chi connectivity index (χ0) is 21.3. The maximum atomic E-state index is 12.7. The van der Waals surface area contributed by atoms with E-state index < -0.39 is 0 Å². The molecule has 3 aromatic carbocycles. The Hall–Kier alpha value is -3.31. The fourth-order valence-electron chi connectivity index (χ4n) is 3.26. The van der Waals surface area contributed by atoms with Crippen molar-refractivity contribution in [2.24, 2.45) is 0 Å². The van der Waals surface area contributed by atoms with Gasteiger partial charge >= 0.3 is 0 Å². The maximum absolute atomic E-state index is 12.7. The minimum atomic E-state index is -0.325. The molecular weight excluding hydrogens is 376 g/mol. The van der Waals surface area contributed by atoms with Crippen molar-refractivity contribution in [3.8, 4) is 22.6 Å². The zero-order valence-electron chi connectivity index (χ0n) is 17.6. The van der Waals surface area contributed by atoms with E-state index in [1.165, 1.54) is 0 Å². The van der Waals surface area contributed by atoms with Crippen LogP contribution < -0.4 is 20.1 Å². The van der Waals surface area contributed by atoms with E-state index in [2.05, 4.69) is 10.6 Å². The van der Waals surface area contributed by atoms with Crippen molar-refractivity contribution in [1.29, 1.82) is 0 Å². The molecule has 0 heterocycles. The van der Waals surface area contributed by atoms with Crippen LogP contribution in [-0.4, -0.2) is 32.7 Å². The summed E-state index contributed by atoms with van der Waals surface area (Å²) >= 11 is 0. The lowest BCUT2D eigenvalue weighted by atomic mass is 10.0. The first-order valence-corrected chi connectivity index (χ1v) is 10.0. The first-order valence-electron chi connectivity index (χ1n) is 10.0. The van der Waals surface area contributed by atoms with Crippen molar-refractivity contribution in [2.75, 3.05) is 26.1 Å². The topological polar surface area (TPSA) is 59.6 Å². The van der Waals surface area contributed by atoms with Crippen LogP contribution in [0.3, 0.4) is 0 Å². The van der Waals surface area contributed by atoms with Gasteiger partial charge in [-0.1, -0.05) is 54.6 Å². The van der Waals surface area contributed by atoms with Crippen molar-refractivity contribution >= 4 is 11.6 Å². The second-order valence-corrected chi connectivity index (χ2v) is 7.02. The van der Waals surface area contributed by atoms with Gasteiger partial charge in [0, 0.05) is 11.3 Å². The lowest BCUT2D eigenvalue weighted by molar-refractivity contribution is -0.117. The van der Waals surface area contributed by atoms with E-state index in [1.54, 1.807) is 14.2 Å². The van der Waals surface area contributed by atoms with Crippen molar-refractivity contribution in [1.82, 2.24) is 5.32 Å². The van der Waals surface area contributed by atoms with Crippen LogP contribution in [0.1, 0.15) is 12.5 Å². The highest BCUT2D eigenvalue weighted by atomic mass is 16.5. The van der Waals surface area contributed by atoms with Gasteiger partial charge in [0.05, 0.1) is 20.3 Å². The molecule has 30 heavy (non-hydrogen) atoms. The predicted molar refractivity (Wildman–Crippen MR) is 121 cm³/mol. The van der Waals surface area contributed by atoms with Crippen molar-refractivity contribution < 1.29 is 14.3 Å². The summed E-state index contributed by atoms with van der Waals surface area (Å²) < 4.78 is 10.6. The van der Waals surface area contributed by atoms with Crippen LogP contribution in [0, 0.1) is 0 Å². The van der Waals surface area contributed by atoms with Crippen LogP contribution in [-0.2, 0) is 11.2 Å². The molecule has 0 aliphatic carbocycles. The number of hydrogen-bond acceptors (Lipinski definition) is 4. The summed E-state index contributed by atoms with van der Waals surface area (Å²) in [4.78, 5) is 12.7. The normalized spacial score (nSPS) is 11.6. The molecule has 0 fully saturated rings. The van der Waals surface area contributed by atoms with Crippen LogP contribution in [0.15, 0.2) is 72.8 Å². The molecule has 3 aromatic rings. The molecule has 5 heteroatoms. The molecule has 0 aromatic heterocycles. The van der Waals surface area contributed by atoms with Gasteiger partial charge < -0.3 is 20.1 Å². The third kappa shape index (κ3) is 5.39. The Balaban J connectivity index is 1.57. The molecule has 2 N–H and O–H groups in total. The summed E-state index contributed by atoms with van der Waals surface area (Å²) in [6, 6.07) is 23.4. The highest BCUT2D eigenvalue weighted by Gasteiger charge is 2.14. The van der Waals surface area contributed by atoms with Gasteiger partial charge in [0.15, 0.2) is 11.5 Å². The number of carbonyl (C=O) groups is 1. The van der Waals surface area contributed by atoms with Crippen LogP contribution in [0.4, 0.5) is 5.69 Å². The monoisotopic (exact) mass is 404 g/mol. The number of para-hydroxylation sites is 1. The zero-order valence-corrected chi connectivity index (χ0v) is 17.6. The third-order valence-electron chi connectivity index (χ3n) is 4.98. The first kappa shape index (κ1) is 21.4. The van der Waals surface area contributed by atoms with Crippen LogP contribution in [0.5, 0.6) is 11.5 Å². The number of carbonyl (C=O) groups excluding carboxylic acids is 1. The van der Waals surface area contributed by atoms with E-state index in [-0.39, 0.29) is 11.9 Å². The van der Waals surface area contributed by atoms with Gasteiger partial charge in [-0.2, -0.15) is 0 Å². The molecule has 3 rings (SSSR count). The summed E-state index contributed by atoms with van der Waals surface area (Å²) in [7, 11) is 3.24. The van der Waals surface area contributed by atoms with E-state index in [0.29, 0.717) is 18.0 Å². The molecular formula is C25H28N2O3. The summed E-state index contributed by atoms with van der Waals surface area (Å²) in [6.45, 7) is 2.54. The Labute approximate surface area is 178 Å². The quantitative estimate of drug-likeness (QED) is 0.550. The van der Waals surface area contributed by atoms with Gasteiger partial charge in [-0.3, -0.25) is 4.79 Å². The summed E-state index contributed by atoms with van der Waals surface area (Å²) in [5.74, 6) is 1.35. The molecule has 0 unspecified atom stereocenters. The number of hydrogen-bond donors (Lipinski definition) is 2. The lowest BCUT2D eigenvalue weighted by Gasteiger charge is -2.16. The minimum Gasteiger partial charge on any atom is -0.493 e. The van der Waals surface area contributed by atoms with E-state index in [1.807, 2.05) is 79.7 Å². The Morgan fingerprint density at radius 2 is 1.60 bits per heavy atom. The van der Waals surface area contributed by atoms with Crippen molar-refractivity contribution in [3.05, 3.63) is 78.4 Å². The van der Waals surface area contributed by atoms with Crippen molar-refractivity contribution in [3.63, 3.8) is 0 Å². The molecule has 0 saturated heterocycles. The summed E-state index contributed by atoms with van der Waals surface area (Å²) in [5.41, 5.74) is 4.00. The second kappa shape index (κ2) is 10.5. The average molecular weight is 405 g/mol. The molecule has 0 radical (unpaired) electrons. The number of anilines is 1. The highest BCUT2D eigenvalue weighted by Crippen LogP contribution is 2.28. The van der Waals surface area contributed by atoms with Gasteiger partial charge in [-0.15, -0.1) is 0 Å². The molecule has 0 bridgehead atoms. The van der Waals surface area contributed by atoms with Crippen molar-refractivity contribution in [2.45, 2.75) is 19.4 Å². The average Bonchev–Trinajstić information content (AvgIpc) is 2.79. The maximum Gasteiger partial charge on any atom is 0.241 e. The molecule has 0 saturated carbocycles. The number of benzene rings is 3. The molecule has 156 valence electrons. The summed E-state index contributed by atoms with van der Waals surface area (Å²) in [5, 5.41) is 6.35. The summed E-state index contributed by atoms with van der Waals surface area (Å²) in [6.07, 6.45) is 0.776. The largest absolute Gasteiger partial charge is 0.493 e. The van der Waals surface area contributed by atoms with E-state index in [4.69, 9.17) is 9.47 Å². The molecule has 1 atom stereocenters. The fourth-order valence-corrected chi connectivity index (χ4v) is 3.26. The first-order chi connectivity index (χ1) is 14.6. The standard InChI is InChI=1S/C25H28N2O3/c1-18(26-16-15-19-13-14-23(29-2)24(17-19)30-3)25(28)27-22-12-8-7-11-21(22)20-9-5-4-6-10-20/h4-14,17-18,26H,15-16H2,1-3H3,(H,27,28)/t18-/m1/s1. The Kier molecular flexibility index (Phi) is 7.46. The molecule has 5 nitrogen and oxygen atoms in total. The Morgan fingerprint density at radius 3 is 2.33 bits per heavy atom. The molecule has 0 aliphatic heterocycles. The van der Waals surface area contributed by atoms with Gasteiger partial charge in [-0.25, -0.2) is 0 Å². The SMILES string of the molecule is COc1ccc(CCN[C@H](C)C(=O)Nc2ccccc2-c2ccccc2)cc1OC. The smallest absolute Gasteiger partial charge is 0.241 e. The number of nitrogens with one attached hydrogen (secondary N) is 2. The molecule has 0 spiro atoms. The predicted octanol–water partition coefficient (Wildman–Crippen LogP) is 4.53. The Bertz CT molecular complexity index is 973. The van der Waals surface area contributed by atoms with E-state index in [9.17, 15) is 4.79 Å². The molecule has 1 amide bonds. The number of amides is 1. The van der Waals surface area contributed by atoms with Gasteiger partial charge in [0.25, 0.3) is 0 Å². The third-order valence-corrected chi connectivity index (χ3v) is 4.98. The van der Waals surface area contributed by atoms with E-state index in [0.717, 1.165) is 28.8 Å². The highest BCUT2D eigenvalue weighted by molar-refractivity contribution is 5.98. The fraction of sp³-hybridized carbons (Fsp3) is 0.240. The number of ether oxygens (including phenoxy) is 2. The second-order valence-electron chi connectivity index (χ2n) is 7.02. The van der Waals surface area contributed by atoms with Crippen LogP contribution in [0.2, 0.25) is 0 Å². The molecule has 0 aliphatic rings. The number of rotatable bonds is 9. The number of methoxy groups -OCH3 is 2. The van der Waals surface area contributed by atoms with Gasteiger partial charge in [0.2, 0.25) is 5.91 Å². The lowest BCUT2D eigenvalue weighted by Crippen LogP contribution is -2.39. The minimum absolute atomic E-state index is 0.0642.